The number of hydrogen-bond acceptors (Lipinski definition) is 3. The maximum atomic E-state index is 6.54. The highest BCUT2D eigenvalue weighted by atomic mass is 16.3. The van der Waals surface area contributed by atoms with Crippen molar-refractivity contribution in [3.05, 3.63) is 188 Å². The molecule has 0 aliphatic rings. The van der Waals surface area contributed by atoms with Crippen LogP contribution in [-0.2, 0) is 0 Å². The van der Waals surface area contributed by atoms with E-state index in [9.17, 15) is 0 Å². The number of rotatable bonds is 4. The van der Waals surface area contributed by atoms with E-state index in [-0.39, 0.29) is 0 Å². The molecule has 5 nitrogen and oxygen atoms in total. The minimum atomic E-state index is 0.902. The van der Waals surface area contributed by atoms with Gasteiger partial charge in [-0.25, -0.2) is 4.98 Å². The summed E-state index contributed by atoms with van der Waals surface area (Å²) in [4.78, 5) is 5.29. The molecule has 0 aliphatic heterocycles. The molecule has 13 aromatic rings. The van der Waals surface area contributed by atoms with E-state index in [0.717, 1.165) is 121 Å². The zero-order chi connectivity index (χ0) is 37.9. The largest absolute Gasteiger partial charge is 0.455 e. The van der Waals surface area contributed by atoms with Gasteiger partial charge in [-0.05, 0) is 84.9 Å². The van der Waals surface area contributed by atoms with Crippen LogP contribution in [0.4, 0.5) is 0 Å². The highest BCUT2D eigenvalue weighted by molar-refractivity contribution is 6.25. The first-order chi connectivity index (χ1) is 28.8. The Morgan fingerprint density at radius 2 is 0.759 bits per heavy atom. The normalized spacial score (nSPS) is 12.1. The van der Waals surface area contributed by atoms with Gasteiger partial charge in [-0.2, -0.15) is 0 Å². The third-order valence-corrected chi connectivity index (χ3v) is 11.9. The lowest BCUT2D eigenvalue weighted by molar-refractivity contribution is 0.672. The summed E-state index contributed by atoms with van der Waals surface area (Å²) in [6, 6.07) is 66.3. The maximum Gasteiger partial charge on any atom is 0.145 e. The molecule has 0 atom stereocenters. The number of para-hydroxylation sites is 4. The summed E-state index contributed by atoms with van der Waals surface area (Å²) < 4.78 is 17.8. The zero-order valence-electron chi connectivity index (χ0n) is 31.1. The van der Waals surface area contributed by atoms with Gasteiger partial charge in [0.15, 0.2) is 0 Å². The van der Waals surface area contributed by atoms with Crippen LogP contribution in [0.2, 0.25) is 0 Å². The zero-order valence-corrected chi connectivity index (χ0v) is 31.1. The predicted molar refractivity (Wildman–Crippen MR) is 238 cm³/mol. The first kappa shape index (κ1) is 31.3. The monoisotopic (exact) mass is 741 g/mol. The molecule has 0 N–H and O–H groups in total. The quantitative estimate of drug-likeness (QED) is 0.180. The third-order valence-electron chi connectivity index (χ3n) is 11.9. The topological polar surface area (TPSA) is 49.0 Å². The van der Waals surface area contributed by atoms with Gasteiger partial charge in [-0.15, -0.1) is 0 Å². The highest BCUT2D eigenvalue weighted by Crippen LogP contribution is 2.43. The molecule has 0 saturated carbocycles. The lowest BCUT2D eigenvalue weighted by Gasteiger charge is -2.12. The van der Waals surface area contributed by atoms with Crippen LogP contribution in [0, 0.1) is 0 Å². The van der Waals surface area contributed by atoms with E-state index < -0.39 is 0 Å². The van der Waals surface area contributed by atoms with Crippen LogP contribution in [0.25, 0.3) is 121 Å². The van der Waals surface area contributed by atoms with Crippen molar-refractivity contribution in [1.82, 2.24) is 14.1 Å². The van der Waals surface area contributed by atoms with Crippen LogP contribution < -0.4 is 0 Å². The average molecular weight is 742 g/mol. The lowest BCUT2D eigenvalue weighted by Crippen LogP contribution is -1.96. The van der Waals surface area contributed by atoms with Crippen molar-refractivity contribution in [1.29, 1.82) is 0 Å². The van der Waals surface area contributed by atoms with E-state index in [1.165, 1.54) is 0 Å². The summed E-state index contributed by atoms with van der Waals surface area (Å²) in [5.41, 5.74) is 14.2. The second-order valence-corrected chi connectivity index (χ2v) is 15.1. The van der Waals surface area contributed by atoms with Crippen LogP contribution in [-0.4, -0.2) is 14.1 Å². The summed E-state index contributed by atoms with van der Waals surface area (Å²) in [5.74, 6) is 0. The van der Waals surface area contributed by atoms with Gasteiger partial charge in [-0.1, -0.05) is 103 Å². The summed E-state index contributed by atoms with van der Waals surface area (Å²) >= 11 is 0. The Morgan fingerprint density at radius 3 is 1.26 bits per heavy atom. The Labute approximate surface area is 331 Å². The van der Waals surface area contributed by atoms with Gasteiger partial charge in [0.25, 0.3) is 0 Å². The van der Waals surface area contributed by atoms with Gasteiger partial charge in [0, 0.05) is 54.8 Å². The maximum absolute atomic E-state index is 6.54. The van der Waals surface area contributed by atoms with Crippen LogP contribution in [0.5, 0.6) is 0 Å². The molecule has 5 heteroatoms. The SMILES string of the molecule is c1cc(-c2cccc(-c3cccc(-n4c5ccccc5c5c6oc7ccccc7c6ccc54)c3)n2)cc(-n2c3ccccc3c3c4oc5ccccc5c4ccc32)c1. The molecule has 5 heterocycles. The molecule has 0 radical (unpaired) electrons. The number of benzene rings is 8. The number of nitrogens with zero attached hydrogens (tertiary/aromatic N) is 3. The Hall–Kier alpha value is -7.89. The number of furan rings is 2. The minimum Gasteiger partial charge on any atom is -0.455 e. The van der Waals surface area contributed by atoms with Gasteiger partial charge >= 0.3 is 0 Å². The smallest absolute Gasteiger partial charge is 0.145 e. The van der Waals surface area contributed by atoms with Crippen molar-refractivity contribution in [2.24, 2.45) is 0 Å². The number of pyridine rings is 1. The molecule has 0 bridgehead atoms. The Morgan fingerprint density at radius 1 is 0.328 bits per heavy atom. The number of aromatic nitrogens is 3. The molecule has 13 rings (SSSR count). The van der Waals surface area contributed by atoms with Crippen molar-refractivity contribution >= 4 is 87.5 Å². The first-order valence-electron chi connectivity index (χ1n) is 19.6. The predicted octanol–water partition coefficient (Wildman–Crippen LogP) is 14.4. The number of hydrogen-bond donors (Lipinski definition) is 0. The molecular formula is C53H31N3O2. The molecular weight excluding hydrogens is 711 g/mol. The summed E-state index contributed by atoms with van der Waals surface area (Å²) in [6.45, 7) is 0. The molecule has 8 aromatic carbocycles. The van der Waals surface area contributed by atoms with E-state index >= 15 is 0 Å². The van der Waals surface area contributed by atoms with Gasteiger partial charge in [0.05, 0.1) is 44.2 Å². The Bertz CT molecular complexity index is 3570. The van der Waals surface area contributed by atoms with Crippen molar-refractivity contribution in [3.63, 3.8) is 0 Å². The van der Waals surface area contributed by atoms with Crippen molar-refractivity contribution in [2.75, 3.05) is 0 Å². The number of fused-ring (bicyclic) bond motifs is 14. The van der Waals surface area contributed by atoms with Crippen molar-refractivity contribution < 1.29 is 8.83 Å². The third kappa shape index (κ3) is 4.38. The van der Waals surface area contributed by atoms with Crippen LogP contribution in [0.3, 0.4) is 0 Å². The van der Waals surface area contributed by atoms with E-state index in [0.29, 0.717) is 0 Å². The second-order valence-electron chi connectivity index (χ2n) is 15.1. The Balaban J connectivity index is 0.933. The summed E-state index contributed by atoms with van der Waals surface area (Å²) in [5, 5.41) is 9.11. The molecule has 0 saturated heterocycles. The fraction of sp³-hybridized carbons (Fsp3) is 0. The van der Waals surface area contributed by atoms with E-state index in [4.69, 9.17) is 13.8 Å². The Kier molecular flexibility index (Phi) is 6.38. The lowest BCUT2D eigenvalue weighted by atomic mass is 10.1. The molecule has 5 aromatic heterocycles. The molecule has 58 heavy (non-hydrogen) atoms. The van der Waals surface area contributed by atoms with Gasteiger partial charge < -0.3 is 18.0 Å². The second kappa shape index (κ2) is 11.8. The first-order valence-corrected chi connectivity index (χ1v) is 19.6. The van der Waals surface area contributed by atoms with Gasteiger partial charge in [0.1, 0.15) is 22.3 Å². The van der Waals surface area contributed by atoms with E-state index in [1.807, 2.05) is 24.3 Å². The molecule has 0 aliphatic carbocycles. The molecule has 0 amide bonds. The van der Waals surface area contributed by atoms with Gasteiger partial charge in [0.2, 0.25) is 0 Å². The molecule has 0 fully saturated rings. The molecule has 270 valence electrons. The highest BCUT2D eigenvalue weighted by Gasteiger charge is 2.21. The fourth-order valence-corrected chi connectivity index (χ4v) is 9.39. The standard InChI is InChI=1S/C53H31N3O2/c1-5-22-44-40(18-1)50-46(28-26-38-36-16-3-7-24-48(36)57-52(38)50)55(44)34-14-9-12-32(30-34)42-20-11-21-43(54-42)33-13-10-15-35(31-33)56-45-23-6-2-19-41(45)51-47(56)29-27-39-37-17-4-8-25-49(37)58-53(39)51/h1-31H. The summed E-state index contributed by atoms with van der Waals surface area (Å²) in [6.07, 6.45) is 0. The molecule has 0 unspecified atom stereocenters. The average Bonchev–Trinajstić information content (AvgIpc) is 4.04. The van der Waals surface area contributed by atoms with Crippen LogP contribution in [0.1, 0.15) is 0 Å². The van der Waals surface area contributed by atoms with Crippen LogP contribution in [0.15, 0.2) is 197 Å². The van der Waals surface area contributed by atoms with Crippen molar-refractivity contribution in [3.8, 4) is 33.9 Å². The summed E-state index contributed by atoms with van der Waals surface area (Å²) in [7, 11) is 0. The van der Waals surface area contributed by atoms with Crippen LogP contribution >= 0.6 is 0 Å². The molecule has 0 spiro atoms. The minimum absolute atomic E-state index is 0.902. The van der Waals surface area contributed by atoms with Gasteiger partial charge in [-0.3, -0.25) is 0 Å². The van der Waals surface area contributed by atoms with E-state index in [1.54, 1.807) is 0 Å². The van der Waals surface area contributed by atoms with Crippen molar-refractivity contribution in [2.45, 2.75) is 0 Å². The van der Waals surface area contributed by atoms with E-state index in [2.05, 4.69) is 173 Å². The fourth-order valence-electron chi connectivity index (χ4n) is 9.39.